The molecule has 3 aromatic rings. The Bertz CT molecular complexity index is 1200. The number of benzene rings is 2. The van der Waals surface area contributed by atoms with Crippen LogP contribution in [0.15, 0.2) is 30.3 Å². The van der Waals surface area contributed by atoms with E-state index in [1.54, 1.807) is 0 Å². The van der Waals surface area contributed by atoms with Crippen molar-refractivity contribution < 1.29 is 4.79 Å². The van der Waals surface area contributed by atoms with E-state index >= 15 is 0 Å². The Labute approximate surface area is 168 Å². The summed E-state index contributed by atoms with van der Waals surface area (Å²) in [6, 6.07) is 11.2. The molecule has 0 radical (unpaired) electrons. The minimum atomic E-state index is 0.0746. The molecule has 5 unspecified atom stereocenters. The summed E-state index contributed by atoms with van der Waals surface area (Å²) in [5, 5.41) is 15.0. The lowest BCUT2D eigenvalue weighted by atomic mass is 9.67. The number of nitrogen functional groups attached to an aromatic ring is 1. The molecular weight excluding hydrogens is 362 g/mol. The number of aromatic nitrogens is 2. The maximum atomic E-state index is 12.3. The van der Waals surface area contributed by atoms with Crippen LogP contribution < -0.4 is 16.4 Å². The van der Waals surface area contributed by atoms with E-state index in [0.29, 0.717) is 24.2 Å². The molecule has 3 heterocycles. The number of nitrogens with two attached hydrogens (primary N) is 1. The predicted molar refractivity (Wildman–Crippen MR) is 112 cm³/mol. The molecule has 1 aromatic heterocycles. The molecule has 4 aliphatic rings. The fourth-order valence-corrected chi connectivity index (χ4v) is 6.78. The van der Waals surface area contributed by atoms with Crippen molar-refractivity contribution in [3.8, 4) is 0 Å². The fraction of sp³-hybridized carbons (Fsp3) is 0.391. The molecule has 0 saturated heterocycles. The van der Waals surface area contributed by atoms with Crippen LogP contribution in [-0.2, 0) is 6.54 Å². The van der Waals surface area contributed by atoms with E-state index in [0.717, 1.165) is 33.9 Å². The molecule has 2 saturated carbocycles. The van der Waals surface area contributed by atoms with Gasteiger partial charge in [0.1, 0.15) is 0 Å². The van der Waals surface area contributed by atoms with Crippen molar-refractivity contribution in [3.05, 3.63) is 52.6 Å². The first-order valence-electron chi connectivity index (χ1n) is 10.6. The van der Waals surface area contributed by atoms with Crippen molar-refractivity contribution >= 4 is 28.3 Å². The van der Waals surface area contributed by atoms with Crippen molar-refractivity contribution in [2.24, 2.45) is 17.8 Å². The number of amides is 1. The van der Waals surface area contributed by atoms with Crippen LogP contribution in [0, 0.1) is 17.8 Å². The molecule has 5 N–H and O–H groups in total. The van der Waals surface area contributed by atoms with Crippen LogP contribution in [0.1, 0.15) is 58.3 Å². The van der Waals surface area contributed by atoms with E-state index in [4.69, 9.17) is 5.73 Å². The van der Waals surface area contributed by atoms with Crippen molar-refractivity contribution in [3.63, 3.8) is 0 Å². The Hall–Kier alpha value is -3.02. The minimum absolute atomic E-state index is 0.0746. The molecule has 2 aromatic carbocycles. The van der Waals surface area contributed by atoms with Crippen LogP contribution in [0.5, 0.6) is 0 Å². The first-order valence-corrected chi connectivity index (χ1v) is 10.6. The molecule has 6 nitrogen and oxygen atoms in total. The summed E-state index contributed by atoms with van der Waals surface area (Å²) in [6.07, 6.45) is 3.95. The SMILES string of the molecule is Nc1n[nH]c2ccc(C3Nc4cc5c(cc4C4C6CCC(C6)C34)C(=O)NC5)cc12. The molecule has 1 amide bonds. The van der Waals surface area contributed by atoms with Gasteiger partial charge in [-0.1, -0.05) is 6.07 Å². The molecule has 5 atom stereocenters. The third-order valence-electron chi connectivity index (χ3n) is 7.97. The molecule has 2 aliphatic carbocycles. The highest BCUT2D eigenvalue weighted by Gasteiger charge is 2.54. The van der Waals surface area contributed by atoms with Gasteiger partial charge in [0.25, 0.3) is 5.91 Å². The lowest BCUT2D eigenvalue weighted by molar-refractivity contribution is 0.0965. The smallest absolute Gasteiger partial charge is 0.251 e. The number of anilines is 2. The van der Waals surface area contributed by atoms with Gasteiger partial charge in [-0.3, -0.25) is 9.89 Å². The van der Waals surface area contributed by atoms with E-state index < -0.39 is 0 Å². The molecule has 2 fully saturated rings. The van der Waals surface area contributed by atoms with Gasteiger partial charge in [0.2, 0.25) is 0 Å². The van der Waals surface area contributed by atoms with Crippen molar-refractivity contribution in [1.82, 2.24) is 15.5 Å². The van der Waals surface area contributed by atoms with E-state index in [1.165, 1.54) is 36.1 Å². The molecule has 7 rings (SSSR count). The third-order valence-corrected chi connectivity index (χ3v) is 7.97. The average molecular weight is 385 g/mol. The number of hydrogen-bond donors (Lipinski definition) is 4. The van der Waals surface area contributed by atoms with E-state index in [2.05, 4.69) is 51.2 Å². The first kappa shape index (κ1) is 15.9. The molecule has 6 heteroatoms. The largest absolute Gasteiger partial charge is 0.382 e. The molecule has 2 bridgehead atoms. The highest BCUT2D eigenvalue weighted by atomic mass is 16.1. The van der Waals surface area contributed by atoms with E-state index in [1.807, 2.05) is 0 Å². The van der Waals surface area contributed by atoms with Gasteiger partial charge in [-0.15, -0.1) is 0 Å². The monoisotopic (exact) mass is 385 g/mol. The number of carbonyl (C=O) groups excluding carboxylic acids is 1. The number of aromatic amines is 1. The van der Waals surface area contributed by atoms with Crippen LogP contribution >= 0.6 is 0 Å². The Morgan fingerprint density at radius 3 is 2.93 bits per heavy atom. The van der Waals surface area contributed by atoms with Gasteiger partial charge in [0.15, 0.2) is 5.82 Å². The second-order valence-corrected chi connectivity index (χ2v) is 9.25. The lowest BCUT2D eigenvalue weighted by Gasteiger charge is -2.43. The highest BCUT2D eigenvalue weighted by Crippen LogP contribution is 2.64. The van der Waals surface area contributed by atoms with Crippen LogP contribution in [-0.4, -0.2) is 16.1 Å². The van der Waals surface area contributed by atoms with Crippen molar-refractivity contribution in [2.75, 3.05) is 11.1 Å². The Balaban J connectivity index is 1.40. The van der Waals surface area contributed by atoms with Gasteiger partial charge in [-0.2, -0.15) is 5.10 Å². The number of nitrogens with one attached hydrogen (secondary N) is 3. The molecule has 0 spiro atoms. The van der Waals surface area contributed by atoms with Crippen LogP contribution in [0.4, 0.5) is 11.5 Å². The van der Waals surface area contributed by atoms with E-state index in [-0.39, 0.29) is 11.9 Å². The van der Waals surface area contributed by atoms with Gasteiger partial charge < -0.3 is 16.4 Å². The number of hydrogen-bond acceptors (Lipinski definition) is 4. The van der Waals surface area contributed by atoms with Gasteiger partial charge in [-0.05, 0) is 83.9 Å². The fourth-order valence-electron chi connectivity index (χ4n) is 6.78. The Morgan fingerprint density at radius 2 is 2.00 bits per heavy atom. The summed E-state index contributed by atoms with van der Waals surface area (Å²) in [6.45, 7) is 0.630. The maximum Gasteiger partial charge on any atom is 0.251 e. The van der Waals surface area contributed by atoms with Crippen LogP contribution in [0.2, 0.25) is 0 Å². The van der Waals surface area contributed by atoms with Gasteiger partial charge >= 0.3 is 0 Å². The number of rotatable bonds is 1. The summed E-state index contributed by atoms with van der Waals surface area (Å²) < 4.78 is 0. The Kier molecular flexibility index (Phi) is 2.91. The minimum Gasteiger partial charge on any atom is -0.382 e. The maximum absolute atomic E-state index is 12.3. The van der Waals surface area contributed by atoms with Crippen LogP contribution in [0.25, 0.3) is 10.9 Å². The van der Waals surface area contributed by atoms with Crippen molar-refractivity contribution in [2.45, 2.75) is 37.8 Å². The molecule has 146 valence electrons. The summed E-state index contributed by atoms with van der Waals surface area (Å²) in [7, 11) is 0. The summed E-state index contributed by atoms with van der Waals surface area (Å²) in [5.74, 6) is 3.21. The normalized spacial score (nSPS) is 31.3. The zero-order valence-electron chi connectivity index (χ0n) is 16.0. The molecule has 2 aliphatic heterocycles. The third kappa shape index (κ3) is 2.01. The van der Waals surface area contributed by atoms with Gasteiger partial charge in [-0.25, -0.2) is 0 Å². The second kappa shape index (κ2) is 5.32. The number of H-pyrrole nitrogens is 1. The second-order valence-electron chi connectivity index (χ2n) is 9.25. The van der Waals surface area contributed by atoms with E-state index in [9.17, 15) is 4.79 Å². The number of carbonyl (C=O) groups is 1. The topological polar surface area (TPSA) is 95.8 Å². The summed E-state index contributed by atoms with van der Waals surface area (Å²) >= 11 is 0. The average Bonchev–Trinajstić information content (AvgIpc) is 3.51. The Morgan fingerprint density at radius 1 is 1.10 bits per heavy atom. The van der Waals surface area contributed by atoms with Crippen molar-refractivity contribution in [1.29, 1.82) is 0 Å². The number of fused-ring (bicyclic) bond motifs is 9. The van der Waals surface area contributed by atoms with Crippen LogP contribution in [0.3, 0.4) is 0 Å². The molecular formula is C23H23N5O. The zero-order valence-corrected chi connectivity index (χ0v) is 16.0. The number of nitrogens with zero attached hydrogens (tertiary/aromatic N) is 1. The van der Waals surface area contributed by atoms with Gasteiger partial charge in [0, 0.05) is 23.2 Å². The summed E-state index contributed by atoms with van der Waals surface area (Å²) in [5.41, 5.74) is 12.9. The standard InChI is InChI=1S/C23H23N5O/c24-22-16-6-12(3-4-17(16)27-28-22)21-20-11-2-1-10(5-11)19(20)15-8-14-13(7-18(15)26-21)9-25-23(14)29/h3-4,6-8,10-11,19-21,26H,1-2,5,9H2,(H,25,29)(H3,24,27,28). The first-order chi connectivity index (χ1) is 14.2. The lowest BCUT2D eigenvalue weighted by Crippen LogP contribution is -2.35. The summed E-state index contributed by atoms with van der Waals surface area (Å²) in [4.78, 5) is 12.3. The van der Waals surface area contributed by atoms with Gasteiger partial charge in [0.05, 0.1) is 11.6 Å². The molecule has 29 heavy (non-hydrogen) atoms. The zero-order chi connectivity index (χ0) is 19.3. The predicted octanol–water partition coefficient (Wildman–Crippen LogP) is 3.69. The quantitative estimate of drug-likeness (QED) is 0.514. The highest BCUT2D eigenvalue weighted by molar-refractivity contribution is 5.99.